The number of hydrogen-bond donors (Lipinski definition) is 0. The third-order valence-corrected chi connectivity index (χ3v) is 4.33. The molecule has 1 fully saturated rings. The number of aromatic nitrogens is 2. The molecular weight excluding hydrogens is 313 g/mol. The lowest BCUT2D eigenvalue weighted by Crippen LogP contribution is -2.36. The number of ether oxygens (including phenoxy) is 1. The zero-order chi connectivity index (χ0) is 16.9. The van der Waals surface area contributed by atoms with Crippen LogP contribution in [0.15, 0.2) is 29.1 Å². The number of hydrogen-bond acceptors (Lipinski definition) is 5. The Morgan fingerprint density at radius 1 is 1.42 bits per heavy atom. The average Bonchev–Trinajstić information content (AvgIpc) is 2.99. The first-order valence-electron chi connectivity index (χ1n) is 8.07. The van der Waals surface area contributed by atoms with Gasteiger partial charge < -0.3 is 14.2 Å². The highest BCUT2D eigenvalue weighted by Gasteiger charge is 2.30. The Bertz CT molecular complexity index is 690. The maximum atomic E-state index is 13.5. The van der Waals surface area contributed by atoms with Crippen molar-refractivity contribution in [2.24, 2.45) is 0 Å². The molecule has 6 nitrogen and oxygen atoms in total. The van der Waals surface area contributed by atoms with Gasteiger partial charge in [0.25, 0.3) is 0 Å². The minimum absolute atomic E-state index is 0.0787. The highest BCUT2D eigenvalue weighted by atomic mass is 19.1. The summed E-state index contributed by atoms with van der Waals surface area (Å²) >= 11 is 0. The van der Waals surface area contributed by atoms with Gasteiger partial charge in [-0.15, -0.1) is 0 Å². The van der Waals surface area contributed by atoms with Crippen LogP contribution in [0.25, 0.3) is 0 Å². The molecule has 1 aromatic heterocycles. The molecule has 1 atom stereocenters. The third-order valence-electron chi connectivity index (χ3n) is 4.33. The van der Waals surface area contributed by atoms with Crippen LogP contribution in [0, 0.1) is 5.82 Å². The number of nitrogens with zero attached hydrogens (tertiary/aromatic N) is 3. The minimum Gasteiger partial charge on any atom is -0.496 e. The van der Waals surface area contributed by atoms with Crippen molar-refractivity contribution in [3.8, 4) is 5.75 Å². The largest absolute Gasteiger partial charge is 0.496 e. The van der Waals surface area contributed by atoms with E-state index < -0.39 is 0 Å². The van der Waals surface area contributed by atoms with Crippen LogP contribution in [0.2, 0.25) is 0 Å². The van der Waals surface area contributed by atoms with Crippen LogP contribution in [-0.2, 0) is 11.2 Å². The van der Waals surface area contributed by atoms with Gasteiger partial charge in [-0.25, -0.2) is 4.39 Å². The summed E-state index contributed by atoms with van der Waals surface area (Å²) in [7, 11) is 1.51. The highest BCUT2D eigenvalue weighted by Crippen LogP contribution is 2.29. The molecule has 0 bridgehead atoms. The van der Waals surface area contributed by atoms with Gasteiger partial charge in [0.05, 0.1) is 19.6 Å². The second kappa shape index (κ2) is 7.42. The maximum Gasteiger partial charge on any atom is 0.227 e. The number of methoxy groups -OCH3 is 1. The Balaban J connectivity index is 1.82. The monoisotopic (exact) mass is 333 g/mol. The maximum absolute atomic E-state index is 13.5. The molecule has 0 aliphatic carbocycles. The van der Waals surface area contributed by atoms with E-state index in [9.17, 15) is 9.18 Å². The predicted octanol–water partition coefficient (Wildman–Crippen LogP) is 2.90. The molecule has 7 heteroatoms. The van der Waals surface area contributed by atoms with Crippen molar-refractivity contribution < 1.29 is 18.4 Å². The molecule has 3 rings (SSSR count). The summed E-state index contributed by atoms with van der Waals surface area (Å²) in [6, 6.07) is 4.01. The van der Waals surface area contributed by atoms with Gasteiger partial charge in [-0.2, -0.15) is 4.98 Å². The van der Waals surface area contributed by atoms with E-state index >= 15 is 0 Å². The number of likely N-dealkylation sites (tertiary alicyclic amines) is 1. The van der Waals surface area contributed by atoms with E-state index in [-0.39, 0.29) is 24.2 Å². The van der Waals surface area contributed by atoms with Gasteiger partial charge in [0.15, 0.2) is 5.82 Å². The molecule has 1 aliphatic rings. The standard InChI is InChI=1S/C17H20FN3O3/c1-23-15-7-6-13(18)9-12(15)10-16(22)21-8-4-2-3-5-14(21)17-19-11-24-20-17/h6-7,9,11,14H,2-5,8,10H2,1H3. The molecule has 24 heavy (non-hydrogen) atoms. The summed E-state index contributed by atoms with van der Waals surface area (Å²) in [6.07, 6.45) is 5.15. The molecule has 0 saturated carbocycles. The molecule has 1 aliphatic heterocycles. The van der Waals surface area contributed by atoms with E-state index in [0.717, 1.165) is 25.7 Å². The van der Waals surface area contributed by atoms with Crippen molar-refractivity contribution in [1.29, 1.82) is 0 Å². The summed E-state index contributed by atoms with van der Waals surface area (Å²) in [6.45, 7) is 0.635. The number of rotatable bonds is 4. The normalized spacial score (nSPS) is 18.2. The Labute approximate surface area is 139 Å². The van der Waals surface area contributed by atoms with Gasteiger partial charge in [-0.1, -0.05) is 18.0 Å². The molecule has 1 unspecified atom stereocenters. The summed E-state index contributed by atoms with van der Waals surface area (Å²) in [5.74, 6) is 0.562. The average molecular weight is 333 g/mol. The lowest BCUT2D eigenvalue weighted by atomic mass is 10.1. The molecule has 0 radical (unpaired) electrons. The number of amides is 1. The topological polar surface area (TPSA) is 68.5 Å². The minimum atomic E-state index is -0.385. The smallest absolute Gasteiger partial charge is 0.227 e. The van der Waals surface area contributed by atoms with Crippen molar-refractivity contribution in [1.82, 2.24) is 15.0 Å². The summed E-state index contributed by atoms with van der Waals surface area (Å²) < 4.78 is 23.6. The van der Waals surface area contributed by atoms with Gasteiger partial charge in [-0.3, -0.25) is 4.79 Å². The molecule has 2 heterocycles. The van der Waals surface area contributed by atoms with Crippen LogP contribution >= 0.6 is 0 Å². The first-order valence-corrected chi connectivity index (χ1v) is 8.07. The number of halogens is 1. The van der Waals surface area contributed by atoms with Crippen LogP contribution in [-0.4, -0.2) is 34.6 Å². The summed E-state index contributed by atoms with van der Waals surface area (Å²) in [5, 5.41) is 3.90. The zero-order valence-corrected chi connectivity index (χ0v) is 13.6. The lowest BCUT2D eigenvalue weighted by molar-refractivity contribution is -0.133. The fraction of sp³-hybridized carbons (Fsp3) is 0.471. The van der Waals surface area contributed by atoms with Gasteiger partial charge >= 0.3 is 0 Å². The molecule has 1 amide bonds. The van der Waals surface area contributed by atoms with E-state index in [2.05, 4.69) is 10.1 Å². The second-order valence-corrected chi connectivity index (χ2v) is 5.87. The lowest BCUT2D eigenvalue weighted by Gasteiger charge is -2.28. The SMILES string of the molecule is COc1ccc(F)cc1CC(=O)N1CCCCCC1c1ncon1. The van der Waals surface area contributed by atoms with E-state index in [1.807, 2.05) is 0 Å². The van der Waals surface area contributed by atoms with E-state index in [1.54, 1.807) is 4.90 Å². The number of carbonyl (C=O) groups is 1. The van der Waals surface area contributed by atoms with Crippen LogP contribution in [0.3, 0.4) is 0 Å². The number of carbonyl (C=O) groups excluding carboxylic acids is 1. The molecule has 0 spiro atoms. The van der Waals surface area contributed by atoms with Gasteiger partial charge in [0.2, 0.25) is 12.3 Å². The summed E-state index contributed by atoms with van der Waals surface area (Å²) in [4.78, 5) is 18.8. The predicted molar refractivity (Wildman–Crippen MR) is 83.9 cm³/mol. The Hall–Kier alpha value is -2.44. The second-order valence-electron chi connectivity index (χ2n) is 5.87. The molecular formula is C17H20FN3O3. The Kier molecular flexibility index (Phi) is 5.08. The van der Waals surface area contributed by atoms with Gasteiger partial charge in [0, 0.05) is 12.1 Å². The van der Waals surface area contributed by atoms with Crippen LogP contribution in [0.1, 0.15) is 43.1 Å². The van der Waals surface area contributed by atoms with Crippen LogP contribution < -0.4 is 4.74 Å². The Morgan fingerprint density at radius 3 is 3.04 bits per heavy atom. The van der Waals surface area contributed by atoms with Crippen molar-refractivity contribution in [2.75, 3.05) is 13.7 Å². The molecule has 0 N–H and O–H groups in total. The molecule has 128 valence electrons. The highest BCUT2D eigenvalue weighted by molar-refractivity contribution is 5.80. The van der Waals surface area contributed by atoms with Crippen molar-refractivity contribution in [3.05, 3.63) is 41.8 Å². The Morgan fingerprint density at radius 2 is 2.29 bits per heavy atom. The van der Waals surface area contributed by atoms with E-state index in [0.29, 0.717) is 23.7 Å². The zero-order valence-electron chi connectivity index (χ0n) is 13.6. The quantitative estimate of drug-likeness (QED) is 0.860. The van der Waals surface area contributed by atoms with Gasteiger partial charge in [0.1, 0.15) is 11.6 Å². The fourth-order valence-electron chi connectivity index (χ4n) is 3.15. The van der Waals surface area contributed by atoms with Crippen molar-refractivity contribution >= 4 is 5.91 Å². The van der Waals surface area contributed by atoms with Crippen molar-refractivity contribution in [2.45, 2.75) is 38.1 Å². The first-order chi connectivity index (χ1) is 11.7. The molecule has 1 aromatic carbocycles. The number of benzene rings is 1. The fourth-order valence-corrected chi connectivity index (χ4v) is 3.15. The third kappa shape index (κ3) is 3.55. The van der Waals surface area contributed by atoms with Crippen LogP contribution in [0.4, 0.5) is 4.39 Å². The molecule has 2 aromatic rings. The first kappa shape index (κ1) is 16.4. The van der Waals surface area contributed by atoms with E-state index in [1.165, 1.54) is 31.7 Å². The van der Waals surface area contributed by atoms with Crippen LogP contribution in [0.5, 0.6) is 5.75 Å². The van der Waals surface area contributed by atoms with Crippen molar-refractivity contribution in [3.63, 3.8) is 0 Å². The van der Waals surface area contributed by atoms with E-state index in [4.69, 9.17) is 9.26 Å². The summed E-state index contributed by atoms with van der Waals surface area (Å²) in [5.41, 5.74) is 0.540. The molecule has 1 saturated heterocycles. The van der Waals surface area contributed by atoms with Gasteiger partial charge in [-0.05, 0) is 31.0 Å².